The average molecular weight is 254 g/mol. The maximum atomic E-state index is 6.17. The van der Waals surface area contributed by atoms with E-state index in [4.69, 9.17) is 9.47 Å². The fourth-order valence-corrected chi connectivity index (χ4v) is 3.48. The molecule has 0 aliphatic carbocycles. The Kier molecular flexibility index (Phi) is 5.50. The van der Waals surface area contributed by atoms with Gasteiger partial charge in [0, 0.05) is 6.61 Å². The Balaban J connectivity index is 1.64. The van der Waals surface area contributed by atoms with Crippen LogP contribution in [0.2, 0.25) is 0 Å². The predicted molar refractivity (Wildman–Crippen MR) is 74.7 cm³/mol. The standard InChI is InChI=1S/C16H30O2/c1-12(2)9-15-6-7-16(18-15)11-13(3)10-14-5-4-8-17-14/h12-16H,4-11H2,1-3H3/t13?,14-,15+,16?/m0/s1. The summed E-state index contributed by atoms with van der Waals surface area (Å²) in [7, 11) is 0. The molecule has 0 aromatic heterocycles. The molecule has 0 radical (unpaired) electrons. The summed E-state index contributed by atoms with van der Waals surface area (Å²) in [6.45, 7) is 7.92. The number of hydrogen-bond acceptors (Lipinski definition) is 2. The van der Waals surface area contributed by atoms with Crippen molar-refractivity contribution in [3.8, 4) is 0 Å². The largest absolute Gasteiger partial charge is 0.378 e. The van der Waals surface area contributed by atoms with Crippen LogP contribution in [0.4, 0.5) is 0 Å². The van der Waals surface area contributed by atoms with Gasteiger partial charge >= 0.3 is 0 Å². The molecule has 2 heteroatoms. The molecule has 2 nitrogen and oxygen atoms in total. The first kappa shape index (κ1) is 14.3. The topological polar surface area (TPSA) is 18.5 Å². The molecule has 2 heterocycles. The van der Waals surface area contributed by atoms with Gasteiger partial charge in [0.2, 0.25) is 0 Å². The van der Waals surface area contributed by atoms with Crippen molar-refractivity contribution in [3.05, 3.63) is 0 Å². The molecule has 0 N–H and O–H groups in total. The molecule has 4 atom stereocenters. The Morgan fingerprint density at radius 2 is 1.56 bits per heavy atom. The zero-order valence-corrected chi connectivity index (χ0v) is 12.4. The van der Waals surface area contributed by atoms with Crippen molar-refractivity contribution in [3.63, 3.8) is 0 Å². The van der Waals surface area contributed by atoms with Crippen molar-refractivity contribution in [2.24, 2.45) is 11.8 Å². The first-order valence-corrected chi connectivity index (χ1v) is 7.90. The molecule has 2 aliphatic rings. The lowest BCUT2D eigenvalue weighted by atomic mass is 9.94. The normalized spacial score (nSPS) is 34.3. The second-order valence-electron chi connectivity index (χ2n) is 6.80. The molecule has 18 heavy (non-hydrogen) atoms. The molecule has 0 spiro atoms. The van der Waals surface area contributed by atoms with Crippen LogP contribution in [0.25, 0.3) is 0 Å². The lowest BCUT2D eigenvalue weighted by Gasteiger charge is -2.20. The smallest absolute Gasteiger partial charge is 0.0582 e. The maximum Gasteiger partial charge on any atom is 0.0582 e. The van der Waals surface area contributed by atoms with Gasteiger partial charge in [-0.05, 0) is 56.8 Å². The van der Waals surface area contributed by atoms with E-state index in [1.807, 2.05) is 0 Å². The Morgan fingerprint density at radius 1 is 0.889 bits per heavy atom. The van der Waals surface area contributed by atoms with Crippen molar-refractivity contribution < 1.29 is 9.47 Å². The molecule has 2 fully saturated rings. The van der Waals surface area contributed by atoms with E-state index < -0.39 is 0 Å². The van der Waals surface area contributed by atoms with Gasteiger partial charge in [-0.25, -0.2) is 0 Å². The summed E-state index contributed by atoms with van der Waals surface area (Å²) in [6.07, 6.45) is 10.4. The Labute approximate surface area is 112 Å². The molecule has 2 saturated heterocycles. The molecule has 0 amide bonds. The summed E-state index contributed by atoms with van der Waals surface area (Å²) in [5, 5.41) is 0. The van der Waals surface area contributed by atoms with E-state index in [9.17, 15) is 0 Å². The van der Waals surface area contributed by atoms with E-state index in [1.165, 1.54) is 44.9 Å². The van der Waals surface area contributed by atoms with Gasteiger partial charge in [-0.15, -0.1) is 0 Å². The van der Waals surface area contributed by atoms with E-state index in [-0.39, 0.29) is 0 Å². The molecule has 2 rings (SSSR count). The van der Waals surface area contributed by atoms with Gasteiger partial charge in [-0.1, -0.05) is 20.8 Å². The Bertz CT molecular complexity index is 233. The van der Waals surface area contributed by atoms with Crippen molar-refractivity contribution in [2.75, 3.05) is 6.61 Å². The Hall–Kier alpha value is -0.0800. The van der Waals surface area contributed by atoms with Crippen molar-refractivity contribution in [1.82, 2.24) is 0 Å². The van der Waals surface area contributed by atoms with E-state index in [0.29, 0.717) is 18.3 Å². The van der Waals surface area contributed by atoms with Crippen LogP contribution < -0.4 is 0 Å². The minimum absolute atomic E-state index is 0.519. The summed E-state index contributed by atoms with van der Waals surface area (Å²) in [4.78, 5) is 0. The molecule has 0 saturated carbocycles. The average Bonchev–Trinajstić information content (AvgIpc) is 2.89. The van der Waals surface area contributed by atoms with Gasteiger partial charge in [0.1, 0.15) is 0 Å². The van der Waals surface area contributed by atoms with Crippen LogP contribution in [0, 0.1) is 11.8 Å². The maximum absolute atomic E-state index is 6.17. The van der Waals surface area contributed by atoms with Gasteiger partial charge in [0.25, 0.3) is 0 Å². The second-order valence-corrected chi connectivity index (χ2v) is 6.80. The highest BCUT2D eigenvalue weighted by molar-refractivity contribution is 4.77. The molecule has 0 aromatic carbocycles. The van der Waals surface area contributed by atoms with Gasteiger partial charge in [-0.3, -0.25) is 0 Å². The third kappa shape index (κ3) is 4.55. The van der Waals surface area contributed by atoms with E-state index in [1.54, 1.807) is 0 Å². The van der Waals surface area contributed by atoms with E-state index in [0.717, 1.165) is 18.4 Å². The van der Waals surface area contributed by atoms with Crippen LogP contribution >= 0.6 is 0 Å². The van der Waals surface area contributed by atoms with Crippen LogP contribution in [-0.4, -0.2) is 24.9 Å². The van der Waals surface area contributed by atoms with Crippen LogP contribution in [0.3, 0.4) is 0 Å². The van der Waals surface area contributed by atoms with Crippen molar-refractivity contribution >= 4 is 0 Å². The van der Waals surface area contributed by atoms with Gasteiger partial charge in [0.15, 0.2) is 0 Å². The summed E-state index contributed by atoms with van der Waals surface area (Å²) >= 11 is 0. The van der Waals surface area contributed by atoms with E-state index in [2.05, 4.69) is 20.8 Å². The first-order chi connectivity index (χ1) is 8.63. The third-order valence-corrected chi connectivity index (χ3v) is 4.28. The quantitative estimate of drug-likeness (QED) is 0.708. The summed E-state index contributed by atoms with van der Waals surface area (Å²) in [5.74, 6) is 1.51. The highest BCUT2D eigenvalue weighted by Gasteiger charge is 2.28. The number of hydrogen-bond donors (Lipinski definition) is 0. The number of ether oxygens (including phenoxy) is 2. The number of rotatable bonds is 6. The fraction of sp³-hybridized carbons (Fsp3) is 1.00. The zero-order chi connectivity index (χ0) is 13.0. The van der Waals surface area contributed by atoms with Gasteiger partial charge in [-0.2, -0.15) is 0 Å². The SMILES string of the molecule is CC(C)C[C@H]1CCC(CC(C)C[C@@H]2CCCO2)O1. The molecule has 0 bridgehead atoms. The van der Waals surface area contributed by atoms with Gasteiger partial charge < -0.3 is 9.47 Å². The summed E-state index contributed by atoms with van der Waals surface area (Å²) in [6, 6.07) is 0. The zero-order valence-electron chi connectivity index (χ0n) is 12.4. The van der Waals surface area contributed by atoms with Crippen molar-refractivity contribution in [1.29, 1.82) is 0 Å². The highest BCUT2D eigenvalue weighted by atomic mass is 16.5. The molecule has 2 aliphatic heterocycles. The van der Waals surface area contributed by atoms with E-state index >= 15 is 0 Å². The van der Waals surface area contributed by atoms with Gasteiger partial charge in [0.05, 0.1) is 18.3 Å². The molecular weight excluding hydrogens is 224 g/mol. The van der Waals surface area contributed by atoms with Crippen LogP contribution in [0.5, 0.6) is 0 Å². The summed E-state index contributed by atoms with van der Waals surface area (Å²) < 4.78 is 11.9. The summed E-state index contributed by atoms with van der Waals surface area (Å²) in [5.41, 5.74) is 0. The highest BCUT2D eigenvalue weighted by Crippen LogP contribution is 2.30. The van der Waals surface area contributed by atoms with Crippen LogP contribution in [-0.2, 0) is 9.47 Å². The minimum atomic E-state index is 0.519. The first-order valence-electron chi connectivity index (χ1n) is 7.90. The fourth-order valence-electron chi connectivity index (χ4n) is 3.48. The predicted octanol–water partition coefficient (Wildman–Crippen LogP) is 4.18. The molecular formula is C16H30O2. The van der Waals surface area contributed by atoms with Crippen LogP contribution in [0.15, 0.2) is 0 Å². The molecule has 2 unspecified atom stereocenters. The second kappa shape index (κ2) is 6.91. The van der Waals surface area contributed by atoms with Crippen LogP contribution in [0.1, 0.15) is 65.7 Å². The third-order valence-electron chi connectivity index (χ3n) is 4.28. The lowest BCUT2D eigenvalue weighted by Crippen LogP contribution is -2.18. The molecule has 106 valence electrons. The monoisotopic (exact) mass is 254 g/mol. The Morgan fingerprint density at radius 3 is 2.17 bits per heavy atom. The molecule has 0 aromatic rings. The van der Waals surface area contributed by atoms with Crippen molar-refractivity contribution in [2.45, 2.75) is 84.0 Å². The minimum Gasteiger partial charge on any atom is -0.378 e. The lowest BCUT2D eigenvalue weighted by molar-refractivity contribution is 0.0160.